The molecule has 1 aliphatic heterocycles. The molecule has 1 aliphatic rings. The summed E-state index contributed by atoms with van der Waals surface area (Å²) >= 11 is 1.01. The van der Waals surface area contributed by atoms with Crippen molar-refractivity contribution in [3.63, 3.8) is 0 Å². The van der Waals surface area contributed by atoms with Crippen molar-refractivity contribution in [3.8, 4) is 0 Å². The first-order chi connectivity index (χ1) is 8.66. The minimum Gasteiger partial charge on any atom is -0.477 e. The van der Waals surface area contributed by atoms with Gasteiger partial charge in [0, 0.05) is 13.1 Å². The summed E-state index contributed by atoms with van der Waals surface area (Å²) in [7, 11) is 0. The summed E-state index contributed by atoms with van der Waals surface area (Å²) in [5.74, 6) is -1.18. The van der Waals surface area contributed by atoms with Gasteiger partial charge in [0.15, 0.2) is 0 Å². The Morgan fingerprint density at radius 3 is 2.56 bits per heavy atom. The molecule has 2 heterocycles. The first-order valence-corrected chi connectivity index (χ1v) is 6.82. The molecule has 1 amide bonds. The molecule has 0 bridgehead atoms. The average Bonchev–Trinajstić information content (AvgIpc) is 2.99. The first-order valence-electron chi connectivity index (χ1n) is 6.00. The van der Waals surface area contributed by atoms with Crippen LogP contribution in [0.1, 0.15) is 32.2 Å². The number of amides is 1. The lowest BCUT2D eigenvalue weighted by Gasteiger charge is -2.14. The average molecular weight is 268 g/mol. The molecule has 18 heavy (non-hydrogen) atoms. The predicted molar refractivity (Wildman–Crippen MR) is 69.3 cm³/mol. The third kappa shape index (κ3) is 3.30. The van der Waals surface area contributed by atoms with Crippen molar-refractivity contribution < 1.29 is 14.7 Å². The predicted octanol–water partition coefficient (Wildman–Crippen LogP) is 1.27. The lowest BCUT2D eigenvalue weighted by molar-refractivity contribution is 0.0702. The van der Waals surface area contributed by atoms with E-state index in [1.54, 1.807) is 6.07 Å². The maximum Gasteiger partial charge on any atom is 0.345 e. The Labute approximate surface area is 109 Å². The van der Waals surface area contributed by atoms with Crippen molar-refractivity contribution in [2.45, 2.75) is 12.8 Å². The molecule has 0 aromatic carbocycles. The van der Waals surface area contributed by atoms with Crippen molar-refractivity contribution in [1.82, 2.24) is 10.2 Å². The van der Waals surface area contributed by atoms with Gasteiger partial charge in [-0.3, -0.25) is 4.79 Å². The second-order valence-corrected chi connectivity index (χ2v) is 5.36. The van der Waals surface area contributed by atoms with Crippen LogP contribution in [0.5, 0.6) is 0 Å². The van der Waals surface area contributed by atoms with Crippen LogP contribution < -0.4 is 5.32 Å². The van der Waals surface area contributed by atoms with E-state index in [4.69, 9.17) is 5.11 Å². The normalized spacial score (nSPS) is 15.8. The third-order valence-corrected chi connectivity index (χ3v) is 4.02. The lowest BCUT2D eigenvalue weighted by atomic mass is 10.4. The van der Waals surface area contributed by atoms with E-state index in [2.05, 4.69) is 10.2 Å². The number of carboxylic acids is 1. The van der Waals surface area contributed by atoms with Crippen LogP contribution in [0.25, 0.3) is 0 Å². The number of hydrogen-bond acceptors (Lipinski definition) is 4. The van der Waals surface area contributed by atoms with E-state index in [1.807, 2.05) is 0 Å². The molecule has 2 N–H and O–H groups in total. The van der Waals surface area contributed by atoms with Crippen LogP contribution in [0.3, 0.4) is 0 Å². The van der Waals surface area contributed by atoms with E-state index in [-0.39, 0.29) is 10.8 Å². The van der Waals surface area contributed by atoms with Crippen molar-refractivity contribution in [1.29, 1.82) is 0 Å². The summed E-state index contributed by atoms with van der Waals surface area (Å²) < 4.78 is 0. The molecule has 6 heteroatoms. The second-order valence-electron chi connectivity index (χ2n) is 4.27. The number of nitrogens with one attached hydrogen (secondary N) is 1. The highest BCUT2D eigenvalue weighted by Crippen LogP contribution is 2.16. The number of carboxylic acid groups (broad SMARTS) is 1. The maximum atomic E-state index is 11.7. The number of thiophene rings is 1. The van der Waals surface area contributed by atoms with Crippen LogP contribution in [0.2, 0.25) is 0 Å². The highest BCUT2D eigenvalue weighted by molar-refractivity contribution is 7.15. The van der Waals surface area contributed by atoms with Gasteiger partial charge >= 0.3 is 5.97 Å². The summed E-state index contributed by atoms with van der Waals surface area (Å²) in [6, 6.07) is 3.02. The Hall–Kier alpha value is -1.40. The molecule has 5 nitrogen and oxygen atoms in total. The van der Waals surface area contributed by atoms with Gasteiger partial charge in [-0.1, -0.05) is 0 Å². The van der Waals surface area contributed by atoms with Crippen LogP contribution >= 0.6 is 11.3 Å². The number of hydrogen-bond donors (Lipinski definition) is 2. The Balaban J connectivity index is 1.77. The fourth-order valence-electron chi connectivity index (χ4n) is 2.00. The highest BCUT2D eigenvalue weighted by Gasteiger charge is 2.14. The minimum atomic E-state index is -0.990. The van der Waals surface area contributed by atoms with Gasteiger partial charge in [0.05, 0.1) is 4.88 Å². The SMILES string of the molecule is O=C(O)c1ccc(C(=O)NCCN2CCCC2)s1. The van der Waals surface area contributed by atoms with Gasteiger partial charge in [-0.15, -0.1) is 11.3 Å². The summed E-state index contributed by atoms with van der Waals surface area (Å²) in [6.07, 6.45) is 2.47. The largest absolute Gasteiger partial charge is 0.477 e. The summed E-state index contributed by atoms with van der Waals surface area (Å²) in [6.45, 7) is 3.69. The second kappa shape index (κ2) is 5.97. The fraction of sp³-hybridized carbons (Fsp3) is 0.500. The molecule has 1 aromatic rings. The van der Waals surface area contributed by atoms with Crippen LogP contribution in [0.15, 0.2) is 12.1 Å². The molecule has 1 saturated heterocycles. The van der Waals surface area contributed by atoms with Crippen LogP contribution in [-0.2, 0) is 0 Å². The Kier molecular flexibility index (Phi) is 4.33. The number of aromatic carboxylic acids is 1. The number of nitrogens with zero attached hydrogens (tertiary/aromatic N) is 1. The summed E-state index contributed by atoms with van der Waals surface area (Å²) in [5, 5.41) is 11.6. The number of rotatable bonds is 5. The van der Waals surface area contributed by atoms with Crippen molar-refractivity contribution in [2.24, 2.45) is 0 Å². The zero-order chi connectivity index (χ0) is 13.0. The van der Waals surface area contributed by atoms with Gasteiger partial charge < -0.3 is 15.3 Å². The molecule has 0 spiro atoms. The van der Waals surface area contributed by atoms with E-state index < -0.39 is 5.97 Å². The van der Waals surface area contributed by atoms with Crippen LogP contribution in [0.4, 0.5) is 0 Å². The number of carbonyl (C=O) groups excluding carboxylic acids is 1. The van der Waals surface area contributed by atoms with Gasteiger partial charge in [-0.25, -0.2) is 4.79 Å². The van der Waals surface area contributed by atoms with Crippen LogP contribution in [-0.4, -0.2) is 48.1 Å². The van der Waals surface area contributed by atoms with E-state index >= 15 is 0 Å². The number of likely N-dealkylation sites (tertiary alicyclic amines) is 1. The maximum absolute atomic E-state index is 11.7. The van der Waals surface area contributed by atoms with Crippen molar-refractivity contribution >= 4 is 23.2 Å². The molecule has 1 aromatic heterocycles. The van der Waals surface area contributed by atoms with Gasteiger partial charge in [0.2, 0.25) is 0 Å². The standard InChI is InChI=1S/C12H16N2O3S/c15-11(9-3-4-10(18-9)12(16)17)13-5-8-14-6-1-2-7-14/h3-4H,1-2,5-8H2,(H,13,15)(H,16,17). The van der Waals surface area contributed by atoms with Crippen LogP contribution in [0, 0.1) is 0 Å². The molecule has 0 aliphatic carbocycles. The zero-order valence-electron chi connectivity index (χ0n) is 10.0. The molecule has 2 rings (SSSR count). The molecule has 1 fully saturated rings. The smallest absolute Gasteiger partial charge is 0.345 e. The van der Waals surface area contributed by atoms with Gasteiger partial charge in [-0.05, 0) is 38.1 Å². The van der Waals surface area contributed by atoms with E-state index in [9.17, 15) is 9.59 Å². The fourth-order valence-corrected chi connectivity index (χ4v) is 2.76. The van der Waals surface area contributed by atoms with Gasteiger partial charge in [0.25, 0.3) is 5.91 Å². The monoisotopic (exact) mass is 268 g/mol. The highest BCUT2D eigenvalue weighted by atomic mass is 32.1. The molecule has 0 unspecified atom stereocenters. The number of carbonyl (C=O) groups is 2. The van der Waals surface area contributed by atoms with Crippen molar-refractivity contribution in [2.75, 3.05) is 26.2 Å². The summed E-state index contributed by atoms with van der Waals surface area (Å²) in [5.41, 5.74) is 0. The van der Waals surface area contributed by atoms with Gasteiger partial charge in [-0.2, -0.15) is 0 Å². The Morgan fingerprint density at radius 1 is 1.28 bits per heavy atom. The zero-order valence-corrected chi connectivity index (χ0v) is 10.8. The summed E-state index contributed by atoms with van der Waals surface area (Å²) in [4.78, 5) is 25.4. The van der Waals surface area contributed by atoms with E-state index in [0.717, 1.165) is 31.0 Å². The Morgan fingerprint density at radius 2 is 1.94 bits per heavy atom. The van der Waals surface area contributed by atoms with E-state index in [0.29, 0.717) is 11.4 Å². The molecule has 0 radical (unpaired) electrons. The lowest BCUT2D eigenvalue weighted by Crippen LogP contribution is -2.33. The Bertz CT molecular complexity index is 438. The molecular formula is C12H16N2O3S. The topological polar surface area (TPSA) is 69.6 Å². The van der Waals surface area contributed by atoms with Crippen molar-refractivity contribution in [3.05, 3.63) is 21.9 Å². The van der Waals surface area contributed by atoms with E-state index in [1.165, 1.54) is 18.9 Å². The quantitative estimate of drug-likeness (QED) is 0.844. The minimum absolute atomic E-state index is 0.188. The molecular weight excluding hydrogens is 252 g/mol. The first kappa shape index (κ1) is 13.0. The van der Waals surface area contributed by atoms with Gasteiger partial charge in [0.1, 0.15) is 4.88 Å². The molecule has 0 saturated carbocycles. The third-order valence-electron chi connectivity index (χ3n) is 2.95. The molecule has 98 valence electrons. The molecule has 0 atom stereocenters.